The van der Waals surface area contributed by atoms with Crippen LogP contribution in [-0.4, -0.2) is 41.8 Å². The number of anilines is 1. The van der Waals surface area contributed by atoms with E-state index in [0.29, 0.717) is 23.5 Å². The molecule has 0 bridgehead atoms. The Labute approximate surface area is 162 Å². The van der Waals surface area contributed by atoms with Crippen LogP contribution in [0.4, 0.5) is 11.4 Å². The second kappa shape index (κ2) is 9.86. The Kier molecular flexibility index (Phi) is 7.27. The predicted molar refractivity (Wildman–Crippen MR) is 106 cm³/mol. The van der Waals surface area contributed by atoms with Crippen molar-refractivity contribution in [3.8, 4) is 5.75 Å². The number of nitrogens with one attached hydrogen (secondary N) is 1. The minimum atomic E-state index is -0.488. The Morgan fingerprint density at radius 1 is 1.21 bits per heavy atom. The quantitative estimate of drug-likeness (QED) is 0.429. The second-order valence-corrected chi connectivity index (χ2v) is 5.81. The Hall–Kier alpha value is -3.68. The van der Waals surface area contributed by atoms with Gasteiger partial charge < -0.3 is 15.0 Å². The summed E-state index contributed by atoms with van der Waals surface area (Å²) in [4.78, 5) is 36.1. The molecule has 0 atom stereocenters. The Bertz CT molecular complexity index is 878. The normalized spacial score (nSPS) is 10.5. The summed E-state index contributed by atoms with van der Waals surface area (Å²) in [6.07, 6.45) is 2.89. The summed E-state index contributed by atoms with van der Waals surface area (Å²) in [7, 11) is 1.54. The third-order valence-electron chi connectivity index (χ3n) is 3.90. The molecule has 0 aliphatic rings. The molecule has 8 heteroatoms. The molecular weight excluding hydrogens is 362 g/mol. The van der Waals surface area contributed by atoms with Crippen LogP contribution in [0.1, 0.15) is 12.5 Å². The van der Waals surface area contributed by atoms with Gasteiger partial charge in [-0.15, -0.1) is 0 Å². The highest BCUT2D eigenvalue weighted by Gasteiger charge is 2.13. The summed E-state index contributed by atoms with van der Waals surface area (Å²) < 4.78 is 5.11. The van der Waals surface area contributed by atoms with Crippen molar-refractivity contribution in [3.05, 3.63) is 70.3 Å². The maximum atomic E-state index is 12.3. The van der Waals surface area contributed by atoms with Crippen molar-refractivity contribution in [2.75, 3.05) is 25.5 Å². The highest BCUT2D eigenvalue weighted by Crippen LogP contribution is 2.16. The number of ether oxygens (including phenoxy) is 1. The number of hydrogen-bond donors (Lipinski definition) is 1. The van der Waals surface area contributed by atoms with E-state index in [4.69, 9.17) is 4.74 Å². The monoisotopic (exact) mass is 383 g/mol. The van der Waals surface area contributed by atoms with Gasteiger partial charge in [-0.1, -0.05) is 6.07 Å². The number of methoxy groups -OCH3 is 1. The van der Waals surface area contributed by atoms with E-state index in [2.05, 4.69) is 5.32 Å². The largest absolute Gasteiger partial charge is 0.497 e. The number of likely N-dealkylation sites (N-methyl/N-ethyl adjacent to an activating group) is 1. The Balaban J connectivity index is 1.96. The highest BCUT2D eigenvalue weighted by atomic mass is 16.6. The van der Waals surface area contributed by atoms with E-state index in [9.17, 15) is 19.7 Å². The molecule has 2 amide bonds. The maximum absolute atomic E-state index is 12.3. The van der Waals surface area contributed by atoms with Crippen LogP contribution in [0, 0.1) is 10.1 Å². The summed E-state index contributed by atoms with van der Waals surface area (Å²) in [5.41, 5.74) is 1.21. The molecule has 0 radical (unpaired) electrons. The molecule has 0 unspecified atom stereocenters. The van der Waals surface area contributed by atoms with Crippen LogP contribution in [0.15, 0.2) is 54.6 Å². The number of carbonyl (C=O) groups excluding carboxylic acids is 2. The molecule has 28 heavy (non-hydrogen) atoms. The Morgan fingerprint density at radius 3 is 2.54 bits per heavy atom. The van der Waals surface area contributed by atoms with Gasteiger partial charge in [-0.3, -0.25) is 19.7 Å². The highest BCUT2D eigenvalue weighted by molar-refractivity contribution is 5.98. The minimum absolute atomic E-state index is 0.0205. The smallest absolute Gasteiger partial charge is 0.269 e. The lowest BCUT2D eigenvalue weighted by Gasteiger charge is -2.18. The van der Waals surface area contributed by atoms with Crippen molar-refractivity contribution in [3.63, 3.8) is 0 Å². The first-order valence-electron chi connectivity index (χ1n) is 8.58. The van der Waals surface area contributed by atoms with E-state index in [1.807, 2.05) is 0 Å². The molecule has 146 valence electrons. The van der Waals surface area contributed by atoms with Crippen molar-refractivity contribution in [1.29, 1.82) is 0 Å². The van der Waals surface area contributed by atoms with Crippen LogP contribution < -0.4 is 10.1 Å². The first kappa shape index (κ1) is 20.6. The molecular formula is C20H21N3O5. The fraction of sp³-hybridized carbons (Fsp3) is 0.200. The summed E-state index contributed by atoms with van der Waals surface area (Å²) in [5, 5.41) is 13.4. The lowest BCUT2D eigenvalue weighted by Crippen LogP contribution is -2.36. The third kappa shape index (κ3) is 5.94. The zero-order chi connectivity index (χ0) is 20.5. The van der Waals surface area contributed by atoms with Gasteiger partial charge in [-0.25, -0.2) is 0 Å². The fourth-order valence-corrected chi connectivity index (χ4v) is 2.40. The molecule has 1 N–H and O–H groups in total. The molecule has 8 nitrogen and oxygen atoms in total. The number of nitro benzene ring substituents is 1. The number of nitrogens with zero attached hydrogens (tertiary/aromatic N) is 2. The van der Waals surface area contributed by atoms with Gasteiger partial charge in [0.05, 0.1) is 12.0 Å². The maximum Gasteiger partial charge on any atom is 0.269 e. The van der Waals surface area contributed by atoms with Gasteiger partial charge in [0.1, 0.15) is 12.3 Å². The van der Waals surface area contributed by atoms with E-state index in [1.54, 1.807) is 49.4 Å². The summed E-state index contributed by atoms with van der Waals surface area (Å²) >= 11 is 0. The molecule has 0 aromatic heterocycles. The van der Waals surface area contributed by atoms with Gasteiger partial charge in [0, 0.05) is 36.5 Å². The SMILES string of the molecule is CCN(CC(=O)Nc1cccc(OC)c1)C(=O)/C=C/c1ccc([N+](=O)[O-])cc1. The first-order chi connectivity index (χ1) is 13.4. The van der Waals surface area contributed by atoms with Gasteiger partial charge in [-0.2, -0.15) is 0 Å². The van der Waals surface area contributed by atoms with E-state index >= 15 is 0 Å². The zero-order valence-electron chi connectivity index (χ0n) is 15.6. The van der Waals surface area contributed by atoms with Crippen LogP contribution in [0.2, 0.25) is 0 Å². The second-order valence-electron chi connectivity index (χ2n) is 5.81. The van der Waals surface area contributed by atoms with Crippen molar-refractivity contribution < 1.29 is 19.2 Å². The van der Waals surface area contributed by atoms with Crippen LogP contribution in [0.3, 0.4) is 0 Å². The number of non-ortho nitro benzene ring substituents is 1. The number of nitro groups is 1. The van der Waals surface area contributed by atoms with Gasteiger partial charge in [-0.05, 0) is 42.8 Å². The molecule has 0 aliphatic carbocycles. The summed E-state index contributed by atoms with van der Waals surface area (Å²) in [6.45, 7) is 2.03. The van der Waals surface area contributed by atoms with E-state index in [0.717, 1.165) is 0 Å². The van der Waals surface area contributed by atoms with Gasteiger partial charge >= 0.3 is 0 Å². The summed E-state index contributed by atoms with van der Waals surface area (Å²) in [6, 6.07) is 12.8. The van der Waals surface area contributed by atoms with E-state index in [-0.39, 0.29) is 24.0 Å². The molecule has 0 saturated heterocycles. The molecule has 0 aliphatic heterocycles. The van der Waals surface area contributed by atoms with Crippen molar-refractivity contribution in [1.82, 2.24) is 4.90 Å². The van der Waals surface area contributed by atoms with Crippen LogP contribution in [0.25, 0.3) is 6.08 Å². The number of carbonyl (C=O) groups is 2. The number of amides is 2. The van der Waals surface area contributed by atoms with Crippen LogP contribution >= 0.6 is 0 Å². The third-order valence-corrected chi connectivity index (χ3v) is 3.90. The van der Waals surface area contributed by atoms with Crippen molar-refractivity contribution in [2.45, 2.75) is 6.92 Å². The number of rotatable bonds is 8. The first-order valence-corrected chi connectivity index (χ1v) is 8.58. The standard InChI is InChI=1S/C20H21N3O5/c1-3-22(14-19(24)21-16-5-4-6-18(13-16)28-2)20(25)12-9-15-7-10-17(11-8-15)23(26)27/h4-13H,3,14H2,1-2H3,(H,21,24)/b12-9+. The van der Waals surface area contributed by atoms with E-state index in [1.165, 1.54) is 30.2 Å². The Morgan fingerprint density at radius 2 is 1.93 bits per heavy atom. The molecule has 2 aromatic rings. The molecule has 0 fully saturated rings. The molecule has 0 spiro atoms. The lowest BCUT2D eigenvalue weighted by atomic mass is 10.2. The molecule has 0 saturated carbocycles. The molecule has 2 rings (SSSR count). The van der Waals surface area contributed by atoms with Gasteiger partial charge in [0.2, 0.25) is 11.8 Å². The fourth-order valence-electron chi connectivity index (χ4n) is 2.40. The lowest BCUT2D eigenvalue weighted by molar-refractivity contribution is -0.384. The van der Waals surface area contributed by atoms with Crippen LogP contribution in [0.5, 0.6) is 5.75 Å². The van der Waals surface area contributed by atoms with Crippen molar-refractivity contribution >= 4 is 29.3 Å². The average Bonchev–Trinajstić information content (AvgIpc) is 2.70. The van der Waals surface area contributed by atoms with Crippen molar-refractivity contribution in [2.24, 2.45) is 0 Å². The molecule has 0 heterocycles. The zero-order valence-corrected chi connectivity index (χ0v) is 15.6. The van der Waals surface area contributed by atoms with Gasteiger partial charge in [0.15, 0.2) is 0 Å². The van der Waals surface area contributed by atoms with E-state index < -0.39 is 4.92 Å². The summed E-state index contributed by atoms with van der Waals surface area (Å²) in [5.74, 6) is -0.0407. The topological polar surface area (TPSA) is 102 Å². The molecule has 2 aromatic carbocycles. The average molecular weight is 383 g/mol. The van der Waals surface area contributed by atoms with Crippen LogP contribution in [-0.2, 0) is 9.59 Å². The minimum Gasteiger partial charge on any atom is -0.497 e. The van der Waals surface area contributed by atoms with Gasteiger partial charge in [0.25, 0.3) is 5.69 Å². The predicted octanol–water partition coefficient (Wildman–Crippen LogP) is 3.10. The number of benzene rings is 2. The number of hydrogen-bond acceptors (Lipinski definition) is 5.